The summed E-state index contributed by atoms with van der Waals surface area (Å²) in [5.41, 5.74) is 2.40. The first-order valence-corrected chi connectivity index (χ1v) is 33.5. The summed E-state index contributed by atoms with van der Waals surface area (Å²) in [6.45, 7) is 0.241. The van der Waals surface area contributed by atoms with Gasteiger partial charge in [-0.3, -0.25) is 9.00 Å². The van der Waals surface area contributed by atoms with Crippen molar-refractivity contribution in [3.63, 3.8) is 0 Å². The molecule has 14 rings (SSSR count). The number of fused-ring (bicyclic) bond motifs is 6. The molecule has 8 heterocycles. The molecule has 2 aliphatic carbocycles. The second-order valence-corrected chi connectivity index (χ2v) is 28.2. The number of para-hydroxylation sites is 2. The molecule has 4 bridgehead atoms. The molecule has 18 nitrogen and oxygen atoms in total. The second kappa shape index (κ2) is 26.2. The number of carbonyl (C=O) groups is 1. The second-order valence-electron chi connectivity index (χ2n) is 23.2. The van der Waals surface area contributed by atoms with Gasteiger partial charge in [0, 0.05) is 63.2 Å². The summed E-state index contributed by atoms with van der Waals surface area (Å²) in [5.74, 6) is -1.75. The van der Waals surface area contributed by atoms with Gasteiger partial charge in [-0.1, -0.05) is 57.3 Å². The smallest absolute Gasteiger partial charge is 0.768 e. The molecule has 4 aromatic heterocycles. The topological polar surface area (TPSA) is 222 Å². The van der Waals surface area contributed by atoms with E-state index in [-0.39, 0.29) is 152 Å². The van der Waals surface area contributed by atoms with Crippen molar-refractivity contribution < 1.29 is 119 Å². The van der Waals surface area contributed by atoms with E-state index in [1.54, 1.807) is 12.1 Å². The van der Waals surface area contributed by atoms with E-state index in [1.807, 2.05) is 0 Å². The van der Waals surface area contributed by atoms with Crippen molar-refractivity contribution in [1.82, 2.24) is 20.3 Å². The number of nitrogens with zero attached hydrogens (tertiary/aromatic N) is 6. The monoisotopic (exact) mass is 1350 g/mol. The SMILES string of the molecule is COC(=O)CCS(=O)(=O)c1cc(F)c2nc(N3[C@@H]4CC[C@H]3CC(OCc3c(-c5ccccc5OC(F)(F)F)noc3C3CC3)C4)sc2c1.O=S([O-])c1cc(F)c2nc(N3[C@@H]4CC[C@H]3CC(OCc3c(-c5ccccc5OC(F)(F)F)noc3C3CC3)C4)sc2c1.[Na+]. The first-order chi connectivity index (χ1) is 43.0. The van der Waals surface area contributed by atoms with Gasteiger partial charge >= 0.3 is 48.3 Å². The van der Waals surface area contributed by atoms with Crippen molar-refractivity contribution in [3.8, 4) is 34.0 Å². The fourth-order valence-corrected chi connectivity index (χ4v) is 17.0. The molecule has 2 saturated carbocycles. The molecule has 91 heavy (non-hydrogen) atoms. The molecule has 4 aliphatic heterocycles. The van der Waals surface area contributed by atoms with Crippen LogP contribution >= 0.6 is 22.7 Å². The predicted molar refractivity (Wildman–Crippen MR) is 310 cm³/mol. The number of alkyl halides is 6. The standard InChI is InChI=1S/C32H31F4N3O7S2.C28H25F4N3O5S2.Na/c1-43-27(40)10-11-48(41,42)21-14-24(33)29-26(15-21)47-31(37-29)39-18-8-9-19(39)13-20(12-18)44-16-23-28(38-46-30(23)17-6-7-17)22-4-2-3-5-25(22)45-32(34,35)36;29-21-11-18(42(36)37)12-23-25(21)33-27(41-23)35-15-7-8-16(35)10-17(9-15)38-13-20-24(34-40-26(20)14-5-6-14)19-3-1-2-4-22(19)39-28(30,31)32;/h2-5,14-15,17-20H,6-13,16H2,1H3;1-4,11-12,14-17H,5-10,13H2,(H,36,37);/q;;+1/p-1/t18-,19+,20?;15-,16+,17?;. The van der Waals surface area contributed by atoms with Gasteiger partial charge in [-0.2, -0.15) is 0 Å². The number of hydrogen-bond donors (Lipinski definition) is 0. The molecule has 31 heteroatoms. The molecular formula is C60H55F8N6NaO12S4. The van der Waals surface area contributed by atoms with Gasteiger partial charge in [0.2, 0.25) is 0 Å². The molecule has 6 fully saturated rings. The Morgan fingerprint density at radius 1 is 0.659 bits per heavy atom. The third kappa shape index (κ3) is 14.2. The minimum absolute atomic E-state index is 0. The van der Waals surface area contributed by atoms with Crippen LogP contribution in [0.5, 0.6) is 11.5 Å². The number of methoxy groups -OCH3 is 1. The molecular weight excluding hydrogens is 1300 g/mol. The number of anilines is 2. The van der Waals surface area contributed by atoms with Gasteiger partial charge in [0.05, 0.1) is 59.0 Å². The number of sulfone groups is 1. The number of hydrogen-bond acceptors (Lipinski definition) is 20. The molecule has 0 radical (unpaired) electrons. The van der Waals surface area contributed by atoms with Crippen LogP contribution in [-0.2, 0) is 53.1 Å². The number of thiazole rings is 2. The maximum Gasteiger partial charge on any atom is 1.00 e. The molecule has 4 saturated heterocycles. The summed E-state index contributed by atoms with van der Waals surface area (Å²) in [6.07, 6.45) is -0.480. The van der Waals surface area contributed by atoms with Crippen molar-refractivity contribution >= 4 is 80.3 Å². The van der Waals surface area contributed by atoms with Crippen LogP contribution in [0.3, 0.4) is 0 Å². The molecule has 0 N–H and O–H groups in total. The Morgan fingerprint density at radius 3 is 1.51 bits per heavy atom. The predicted octanol–water partition coefficient (Wildman–Crippen LogP) is 10.7. The largest absolute Gasteiger partial charge is 1.00 e. The Labute approximate surface area is 547 Å². The van der Waals surface area contributed by atoms with Crippen LogP contribution in [0, 0.1) is 11.6 Å². The molecule has 4 aromatic carbocycles. The minimum atomic E-state index is -4.87. The molecule has 6 aliphatic rings. The molecule has 3 unspecified atom stereocenters. The van der Waals surface area contributed by atoms with Gasteiger partial charge < -0.3 is 47.1 Å². The Bertz CT molecular complexity index is 4130. The van der Waals surface area contributed by atoms with Gasteiger partial charge in [0.25, 0.3) is 0 Å². The van der Waals surface area contributed by atoms with Gasteiger partial charge in [-0.15, -0.1) is 26.3 Å². The summed E-state index contributed by atoms with van der Waals surface area (Å²) in [4.78, 5) is 24.6. The Hall–Kier alpha value is -5.83. The Morgan fingerprint density at radius 2 is 1.09 bits per heavy atom. The molecule has 0 amide bonds. The Kier molecular flexibility index (Phi) is 18.8. The number of rotatable bonds is 19. The number of ether oxygens (including phenoxy) is 5. The van der Waals surface area contributed by atoms with E-state index in [0.717, 1.165) is 63.5 Å². The van der Waals surface area contributed by atoms with Crippen LogP contribution in [0.1, 0.15) is 118 Å². The summed E-state index contributed by atoms with van der Waals surface area (Å²) in [7, 11) is -2.77. The van der Waals surface area contributed by atoms with Crippen molar-refractivity contribution in [1.29, 1.82) is 0 Å². The van der Waals surface area contributed by atoms with Crippen LogP contribution in [0.25, 0.3) is 42.9 Å². The maximum absolute atomic E-state index is 15.2. The summed E-state index contributed by atoms with van der Waals surface area (Å²) >= 11 is -0.0489. The number of carbonyl (C=O) groups excluding carboxylic acids is 1. The van der Waals surface area contributed by atoms with Crippen molar-refractivity contribution in [2.45, 2.75) is 167 Å². The quantitative estimate of drug-likeness (QED) is 0.0318. The third-order valence-corrected chi connectivity index (χ3v) is 21.5. The summed E-state index contributed by atoms with van der Waals surface area (Å²) in [5, 5.41) is 9.56. The molecule has 8 aromatic rings. The molecule has 478 valence electrons. The van der Waals surface area contributed by atoms with E-state index < -0.39 is 57.0 Å². The van der Waals surface area contributed by atoms with E-state index in [4.69, 9.17) is 18.5 Å². The van der Waals surface area contributed by atoms with Crippen LogP contribution in [0.2, 0.25) is 0 Å². The van der Waals surface area contributed by atoms with Gasteiger partial charge in [-0.05, 0) is 137 Å². The minimum Gasteiger partial charge on any atom is -0.768 e. The van der Waals surface area contributed by atoms with Crippen molar-refractivity contribution in [2.24, 2.45) is 0 Å². The number of esters is 1. The average molecular weight is 1360 g/mol. The van der Waals surface area contributed by atoms with Crippen LogP contribution in [0.4, 0.5) is 45.4 Å². The maximum atomic E-state index is 15.2. The van der Waals surface area contributed by atoms with Crippen LogP contribution < -0.4 is 48.8 Å². The van der Waals surface area contributed by atoms with E-state index in [2.05, 4.69) is 44.3 Å². The van der Waals surface area contributed by atoms with Crippen LogP contribution in [-0.4, -0.2) is 105 Å². The van der Waals surface area contributed by atoms with Crippen molar-refractivity contribution in [2.75, 3.05) is 22.7 Å². The third-order valence-electron chi connectivity index (χ3n) is 17.2. The zero-order chi connectivity index (χ0) is 63.0. The van der Waals surface area contributed by atoms with E-state index in [1.165, 1.54) is 78.3 Å². The zero-order valence-electron chi connectivity index (χ0n) is 48.6. The van der Waals surface area contributed by atoms with Gasteiger partial charge in [0.1, 0.15) is 45.4 Å². The number of halogens is 8. The number of aromatic nitrogens is 4. The van der Waals surface area contributed by atoms with Gasteiger partial charge in [0.15, 0.2) is 31.7 Å². The fourth-order valence-electron chi connectivity index (χ4n) is 12.8. The first kappa shape index (κ1) is 65.2. The van der Waals surface area contributed by atoms with E-state index in [9.17, 15) is 52.7 Å². The molecule has 7 atom stereocenters. The zero-order valence-corrected chi connectivity index (χ0v) is 53.9. The van der Waals surface area contributed by atoms with Crippen molar-refractivity contribution in [3.05, 3.63) is 107 Å². The Balaban J connectivity index is 0.000000175. The summed E-state index contributed by atoms with van der Waals surface area (Å²) in [6, 6.07) is 16.8. The normalized spacial score (nSPS) is 21.8. The summed E-state index contributed by atoms with van der Waals surface area (Å²) < 4.78 is 195. The van der Waals surface area contributed by atoms with Crippen LogP contribution in [0.15, 0.2) is 91.6 Å². The fraction of sp³-hybridized carbons (Fsp3) is 0.450. The van der Waals surface area contributed by atoms with E-state index in [0.29, 0.717) is 68.0 Å². The van der Waals surface area contributed by atoms with Gasteiger partial charge in [-0.25, -0.2) is 27.2 Å². The molecule has 0 spiro atoms. The van der Waals surface area contributed by atoms with E-state index >= 15 is 4.39 Å². The number of benzene rings is 4. The number of piperidine rings is 2. The first-order valence-electron chi connectivity index (χ1n) is 29.1. The average Bonchev–Trinajstić information content (AvgIpc) is 1.65.